The van der Waals surface area contributed by atoms with Crippen molar-refractivity contribution in [2.75, 3.05) is 38.6 Å². The fourth-order valence-electron chi connectivity index (χ4n) is 2.10. The van der Waals surface area contributed by atoms with E-state index in [0.29, 0.717) is 12.1 Å². The van der Waals surface area contributed by atoms with Gasteiger partial charge in [-0.25, -0.2) is 0 Å². The minimum absolute atomic E-state index is 0.473. The number of nitrogens with zero attached hydrogens (tertiary/aromatic N) is 1. The number of aliphatic hydroxyl groups excluding tert-OH is 1. The van der Waals surface area contributed by atoms with E-state index >= 15 is 0 Å². The number of morpholine rings is 1. The Morgan fingerprint density at radius 1 is 1.29 bits per heavy atom. The van der Waals surface area contributed by atoms with Crippen LogP contribution in [-0.2, 0) is 4.74 Å². The summed E-state index contributed by atoms with van der Waals surface area (Å²) in [7, 11) is 0. The predicted molar refractivity (Wildman–Crippen MR) is 67.7 cm³/mol. The van der Waals surface area contributed by atoms with Crippen LogP contribution in [0.15, 0.2) is 24.3 Å². The maximum atomic E-state index is 10.1. The van der Waals surface area contributed by atoms with E-state index in [2.05, 4.69) is 4.90 Å². The molecule has 1 atom stereocenters. The number of hydrogen-bond acceptors (Lipinski definition) is 4. The van der Waals surface area contributed by atoms with Crippen LogP contribution in [0.3, 0.4) is 0 Å². The van der Waals surface area contributed by atoms with Crippen molar-refractivity contribution >= 4 is 5.69 Å². The summed E-state index contributed by atoms with van der Waals surface area (Å²) >= 11 is 0. The number of nitrogens with two attached hydrogens (primary N) is 1. The summed E-state index contributed by atoms with van der Waals surface area (Å²) in [6.45, 7) is 4.39. The second-order valence-electron chi connectivity index (χ2n) is 4.39. The van der Waals surface area contributed by atoms with Gasteiger partial charge in [0, 0.05) is 30.9 Å². The van der Waals surface area contributed by atoms with Crippen molar-refractivity contribution in [3.63, 3.8) is 0 Å². The molecular formula is C13H20N2O2. The molecule has 94 valence electrons. The SMILES string of the molecule is Nc1ccccc1C(O)CCN1CCOCC1. The van der Waals surface area contributed by atoms with Gasteiger partial charge in [-0.15, -0.1) is 0 Å². The Morgan fingerprint density at radius 3 is 2.71 bits per heavy atom. The van der Waals surface area contributed by atoms with E-state index in [9.17, 15) is 5.11 Å². The predicted octanol–water partition coefficient (Wildman–Crippen LogP) is 1.02. The number of ether oxygens (including phenoxy) is 1. The maximum Gasteiger partial charge on any atom is 0.0822 e. The molecule has 1 aromatic carbocycles. The highest BCUT2D eigenvalue weighted by atomic mass is 16.5. The first-order valence-corrected chi connectivity index (χ1v) is 6.10. The van der Waals surface area contributed by atoms with Crippen LogP contribution >= 0.6 is 0 Å². The lowest BCUT2D eigenvalue weighted by Gasteiger charge is -2.27. The van der Waals surface area contributed by atoms with Crippen molar-refractivity contribution in [3.8, 4) is 0 Å². The fraction of sp³-hybridized carbons (Fsp3) is 0.538. The van der Waals surface area contributed by atoms with E-state index in [0.717, 1.165) is 38.4 Å². The molecule has 0 amide bonds. The molecule has 1 fully saturated rings. The molecule has 17 heavy (non-hydrogen) atoms. The van der Waals surface area contributed by atoms with Gasteiger partial charge < -0.3 is 15.6 Å². The van der Waals surface area contributed by atoms with Crippen molar-refractivity contribution in [3.05, 3.63) is 29.8 Å². The molecule has 1 aromatic rings. The Bertz CT molecular complexity index is 351. The second kappa shape index (κ2) is 6.00. The maximum absolute atomic E-state index is 10.1. The van der Waals surface area contributed by atoms with E-state index in [-0.39, 0.29) is 0 Å². The minimum atomic E-state index is -0.473. The van der Waals surface area contributed by atoms with E-state index in [1.807, 2.05) is 24.3 Å². The van der Waals surface area contributed by atoms with Gasteiger partial charge in [0.15, 0.2) is 0 Å². The van der Waals surface area contributed by atoms with Gasteiger partial charge >= 0.3 is 0 Å². The summed E-state index contributed by atoms with van der Waals surface area (Å²) in [5.74, 6) is 0. The van der Waals surface area contributed by atoms with Crippen molar-refractivity contribution in [1.29, 1.82) is 0 Å². The largest absolute Gasteiger partial charge is 0.398 e. The second-order valence-corrected chi connectivity index (χ2v) is 4.39. The van der Waals surface area contributed by atoms with Gasteiger partial charge in [-0.3, -0.25) is 4.90 Å². The van der Waals surface area contributed by atoms with Gasteiger partial charge in [-0.05, 0) is 12.5 Å². The molecule has 3 N–H and O–H groups in total. The van der Waals surface area contributed by atoms with E-state index in [1.54, 1.807) is 0 Å². The number of aliphatic hydroxyl groups is 1. The van der Waals surface area contributed by atoms with Gasteiger partial charge in [0.1, 0.15) is 0 Å². The molecule has 1 saturated heterocycles. The summed E-state index contributed by atoms with van der Waals surface area (Å²) in [6.07, 6.45) is 0.243. The first kappa shape index (κ1) is 12.4. The summed E-state index contributed by atoms with van der Waals surface area (Å²) in [5.41, 5.74) is 7.34. The van der Waals surface area contributed by atoms with Crippen LogP contribution in [0.4, 0.5) is 5.69 Å². The summed E-state index contributed by atoms with van der Waals surface area (Å²) in [6, 6.07) is 7.50. The number of rotatable bonds is 4. The molecule has 1 aliphatic rings. The Kier molecular flexibility index (Phi) is 4.36. The van der Waals surface area contributed by atoms with Gasteiger partial charge in [0.05, 0.1) is 19.3 Å². The summed E-state index contributed by atoms with van der Waals surface area (Å²) in [5, 5.41) is 10.1. The smallest absolute Gasteiger partial charge is 0.0822 e. The number of hydrogen-bond donors (Lipinski definition) is 2. The fourth-order valence-corrected chi connectivity index (χ4v) is 2.10. The Morgan fingerprint density at radius 2 is 2.00 bits per heavy atom. The monoisotopic (exact) mass is 236 g/mol. The number of nitrogen functional groups attached to an aromatic ring is 1. The average Bonchev–Trinajstić information content (AvgIpc) is 2.38. The molecule has 1 aliphatic heterocycles. The molecule has 1 unspecified atom stereocenters. The Hall–Kier alpha value is -1.10. The van der Waals surface area contributed by atoms with E-state index in [4.69, 9.17) is 10.5 Å². The third-order valence-corrected chi connectivity index (χ3v) is 3.18. The zero-order valence-electron chi connectivity index (χ0n) is 10.0. The lowest BCUT2D eigenvalue weighted by atomic mass is 10.0. The number of para-hydroxylation sites is 1. The lowest BCUT2D eigenvalue weighted by Crippen LogP contribution is -2.37. The summed E-state index contributed by atoms with van der Waals surface area (Å²) < 4.78 is 5.29. The normalized spacial score (nSPS) is 19.1. The zero-order chi connectivity index (χ0) is 12.1. The molecule has 2 rings (SSSR count). The number of benzene rings is 1. The first-order valence-electron chi connectivity index (χ1n) is 6.10. The molecule has 4 nitrogen and oxygen atoms in total. The van der Waals surface area contributed by atoms with Gasteiger partial charge in [-0.1, -0.05) is 18.2 Å². The Balaban J connectivity index is 1.84. The van der Waals surface area contributed by atoms with Crippen LogP contribution in [0, 0.1) is 0 Å². The van der Waals surface area contributed by atoms with Crippen LogP contribution in [0.25, 0.3) is 0 Å². The third-order valence-electron chi connectivity index (χ3n) is 3.18. The summed E-state index contributed by atoms with van der Waals surface area (Å²) in [4.78, 5) is 2.31. The van der Waals surface area contributed by atoms with Crippen LogP contribution in [0.1, 0.15) is 18.1 Å². The minimum Gasteiger partial charge on any atom is -0.398 e. The molecule has 1 heterocycles. The topological polar surface area (TPSA) is 58.7 Å². The molecule has 0 radical (unpaired) electrons. The highest BCUT2D eigenvalue weighted by Crippen LogP contribution is 2.22. The molecule has 4 heteroatoms. The molecule has 0 bridgehead atoms. The van der Waals surface area contributed by atoms with E-state index < -0.39 is 6.10 Å². The van der Waals surface area contributed by atoms with Gasteiger partial charge in [0.2, 0.25) is 0 Å². The molecule has 0 aromatic heterocycles. The third kappa shape index (κ3) is 3.43. The van der Waals surface area contributed by atoms with Crippen LogP contribution in [-0.4, -0.2) is 42.9 Å². The number of anilines is 1. The van der Waals surface area contributed by atoms with Crippen molar-refractivity contribution < 1.29 is 9.84 Å². The average molecular weight is 236 g/mol. The Labute approximate surface area is 102 Å². The molecular weight excluding hydrogens is 216 g/mol. The van der Waals surface area contributed by atoms with Crippen LogP contribution in [0.2, 0.25) is 0 Å². The lowest BCUT2D eigenvalue weighted by molar-refractivity contribution is 0.0301. The van der Waals surface area contributed by atoms with Crippen molar-refractivity contribution in [1.82, 2.24) is 4.90 Å². The first-order chi connectivity index (χ1) is 8.27. The molecule has 0 saturated carbocycles. The standard InChI is InChI=1S/C13H20N2O2/c14-12-4-2-1-3-11(12)13(16)5-6-15-7-9-17-10-8-15/h1-4,13,16H,5-10,14H2. The quantitative estimate of drug-likeness (QED) is 0.766. The van der Waals surface area contributed by atoms with E-state index in [1.165, 1.54) is 0 Å². The highest BCUT2D eigenvalue weighted by molar-refractivity contribution is 5.47. The zero-order valence-corrected chi connectivity index (χ0v) is 10.0. The van der Waals surface area contributed by atoms with Gasteiger partial charge in [-0.2, -0.15) is 0 Å². The van der Waals surface area contributed by atoms with Crippen LogP contribution in [0.5, 0.6) is 0 Å². The van der Waals surface area contributed by atoms with Crippen molar-refractivity contribution in [2.24, 2.45) is 0 Å². The van der Waals surface area contributed by atoms with Crippen LogP contribution < -0.4 is 5.73 Å². The van der Waals surface area contributed by atoms with Gasteiger partial charge in [0.25, 0.3) is 0 Å². The highest BCUT2D eigenvalue weighted by Gasteiger charge is 2.14. The van der Waals surface area contributed by atoms with Crippen molar-refractivity contribution in [2.45, 2.75) is 12.5 Å². The molecule has 0 spiro atoms. The molecule has 0 aliphatic carbocycles.